The summed E-state index contributed by atoms with van der Waals surface area (Å²) in [6.45, 7) is 1.49. The van der Waals surface area contributed by atoms with E-state index in [-0.39, 0.29) is 11.5 Å². The number of aromatic nitrogens is 1. The van der Waals surface area contributed by atoms with Gasteiger partial charge in [-0.25, -0.2) is 14.6 Å². The molecule has 1 aliphatic carbocycles. The molecule has 212 valence electrons. The van der Waals surface area contributed by atoms with Gasteiger partial charge in [-0.15, -0.1) is 11.3 Å². The molecule has 1 N–H and O–H groups in total. The largest absolute Gasteiger partial charge is 0.465 e. The molecule has 0 saturated heterocycles. The third-order valence-corrected chi connectivity index (χ3v) is 8.66. The zero-order valence-electron chi connectivity index (χ0n) is 23.1. The molecule has 0 bridgehead atoms. The molecule has 0 aliphatic heterocycles. The van der Waals surface area contributed by atoms with Gasteiger partial charge in [0.25, 0.3) is 5.91 Å². The molecule has 2 heterocycles. The number of nitrogens with one attached hydrogen (secondary N) is 1. The van der Waals surface area contributed by atoms with Crippen molar-refractivity contribution < 1.29 is 28.3 Å². The number of carbonyl (C=O) groups excluding carboxylic acids is 3. The van der Waals surface area contributed by atoms with Gasteiger partial charge in [0, 0.05) is 4.88 Å². The lowest BCUT2D eigenvalue weighted by molar-refractivity contribution is -0.123. The number of hydrogen-bond donors (Lipinski definition) is 1. The van der Waals surface area contributed by atoms with E-state index >= 15 is 0 Å². The lowest BCUT2D eigenvalue weighted by Crippen LogP contribution is -2.30. The fraction of sp³-hybridized carbons (Fsp3) is 0.212. The second-order valence-corrected chi connectivity index (χ2v) is 11.2. The van der Waals surface area contributed by atoms with E-state index in [1.165, 1.54) is 30.9 Å². The SMILES string of the molecule is COC(=O)c1c(NC(=O)C(C)OC(=O)c2ccccc2-c2nc3ccccc3o2)sc2c1CCC(c1ccccc1)C2. The minimum atomic E-state index is -1.14. The van der Waals surface area contributed by atoms with Crippen LogP contribution in [0.5, 0.6) is 0 Å². The molecule has 1 aliphatic rings. The zero-order chi connectivity index (χ0) is 29.2. The summed E-state index contributed by atoms with van der Waals surface area (Å²) in [4.78, 5) is 44.8. The number of fused-ring (bicyclic) bond motifs is 2. The van der Waals surface area contributed by atoms with Gasteiger partial charge in [0.15, 0.2) is 11.7 Å². The number of carbonyl (C=O) groups is 3. The van der Waals surface area contributed by atoms with E-state index in [2.05, 4.69) is 22.4 Å². The first-order chi connectivity index (χ1) is 20.4. The van der Waals surface area contributed by atoms with E-state index in [1.807, 2.05) is 36.4 Å². The highest BCUT2D eigenvalue weighted by Crippen LogP contribution is 2.43. The Hall–Kier alpha value is -4.76. The summed E-state index contributed by atoms with van der Waals surface area (Å²) in [6.07, 6.45) is 1.21. The van der Waals surface area contributed by atoms with E-state index < -0.39 is 23.9 Å². The smallest absolute Gasteiger partial charge is 0.341 e. The first kappa shape index (κ1) is 27.4. The molecule has 0 spiro atoms. The lowest BCUT2D eigenvalue weighted by Gasteiger charge is -2.22. The fourth-order valence-electron chi connectivity index (χ4n) is 5.33. The number of oxazole rings is 1. The number of rotatable bonds is 7. The summed E-state index contributed by atoms with van der Waals surface area (Å²) in [5.74, 6) is -1.14. The second kappa shape index (κ2) is 11.6. The van der Waals surface area contributed by atoms with Crippen molar-refractivity contribution in [1.82, 2.24) is 4.98 Å². The number of para-hydroxylation sites is 2. The molecule has 0 radical (unpaired) electrons. The molecule has 0 fully saturated rings. The Morgan fingerprint density at radius 2 is 1.71 bits per heavy atom. The summed E-state index contributed by atoms with van der Waals surface area (Å²) >= 11 is 1.37. The zero-order valence-corrected chi connectivity index (χ0v) is 23.9. The van der Waals surface area contributed by atoms with Gasteiger partial charge in [0.05, 0.1) is 23.8 Å². The van der Waals surface area contributed by atoms with Crippen molar-refractivity contribution in [3.8, 4) is 11.5 Å². The van der Waals surface area contributed by atoms with Crippen LogP contribution in [0, 0.1) is 0 Å². The quantitative estimate of drug-likeness (QED) is 0.211. The number of hydrogen-bond acceptors (Lipinski definition) is 8. The average molecular weight is 581 g/mol. The Kier molecular flexibility index (Phi) is 7.58. The number of anilines is 1. The predicted octanol–water partition coefficient (Wildman–Crippen LogP) is 6.80. The molecule has 1 amide bonds. The minimum Gasteiger partial charge on any atom is -0.465 e. The summed E-state index contributed by atoms with van der Waals surface area (Å²) < 4.78 is 16.5. The van der Waals surface area contributed by atoms with Crippen LogP contribution in [0.4, 0.5) is 5.00 Å². The number of benzene rings is 3. The molecule has 3 aromatic carbocycles. The maximum Gasteiger partial charge on any atom is 0.341 e. The maximum absolute atomic E-state index is 13.2. The second-order valence-electron chi connectivity index (χ2n) is 10.1. The molecule has 6 rings (SSSR count). The van der Waals surface area contributed by atoms with E-state index in [0.717, 1.165) is 23.3 Å². The number of amides is 1. The van der Waals surface area contributed by atoms with Crippen molar-refractivity contribution in [2.45, 2.75) is 38.2 Å². The van der Waals surface area contributed by atoms with Crippen LogP contribution in [0.25, 0.3) is 22.6 Å². The number of thiophene rings is 1. The number of ether oxygens (including phenoxy) is 2. The van der Waals surface area contributed by atoms with Crippen molar-refractivity contribution in [3.63, 3.8) is 0 Å². The molecule has 2 atom stereocenters. The van der Waals surface area contributed by atoms with Crippen molar-refractivity contribution >= 4 is 45.3 Å². The van der Waals surface area contributed by atoms with Gasteiger partial charge in [-0.1, -0.05) is 54.6 Å². The van der Waals surface area contributed by atoms with Gasteiger partial charge in [-0.3, -0.25) is 4.79 Å². The number of esters is 2. The summed E-state index contributed by atoms with van der Waals surface area (Å²) in [5.41, 5.74) is 4.47. The van der Waals surface area contributed by atoms with Crippen LogP contribution in [0.15, 0.2) is 83.3 Å². The maximum atomic E-state index is 13.2. The van der Waals surface area contributed by atoms with Crippen molar-refractivity contribution in [3.05, 3.63) is 106 Å². The number of methoxy groups -OCH3 is 1. The van der Waals surface area contributed by atoms with Crippen LogP contribution in [0.1, 0.15) is 56.0 Å². The molecule has 0 saturated carbocycles. The highest BCUT2D eigenvalue weighted by molar-refractivity contribution is 7.17. The van der Waals surface area contributed by atoms with E-state index in [9.17, 15) is 14.4 Å². The Bertz CT molecular complexity index is 1760. The highest BCUT2D eigenvalue weighted by atomic mass is 32.1. The minimum absolute atomic E-state index is 0.220. The van der Waals surface area contributed by atoms with Crippen molar-refractivity contribution in [2.75, 3.05) is 12.4 Å². The Labute approximate surface area is 246 Å². The third-order valence-electron chi connectivity index (χ3n) is 7.49. The highest BCUT2D eigenvalue weighted by Gasteiger charge is 2.32. The molecule has 5 aromatic rings. The third kappa shape index (κ3) is 5.31. The van der Waals surface area contributed by atoms with Gasteiger partial charge < -0.3 is 19.2 Å². The lowest BCUT2D eigenvalue weighted by atomic mass is 9.83. The van der Waals surface area contributed by atoms with Crippen LogP contribution in [0.2, 0.25) is 0 Å². The first-order valence-corrected chi connectivity index (χ1v) is 14.5. The predicted molar refractivity (Wildman–Crippen MR) is 160 cm³/mol. The average Bonchev–Trinajstić information content (AvgIpc) is 3.62. The summed E-state index contributed by atoms with van der Waals surface area (Å²) in [6, 6.07) is 24.4. The molecule has 42 heavy (non-hydrogen) atoms. The van der Waals surface area contributed by atoms with Gasteiger partial charge >= 0.3 is 11.9 Å². The Morgan fingerprint density at radius 3 is 2.50 bits per heavy atom. The fourth-order valence-corrected chi connectivity index (χ4v) is 6.65. The van der Waals surface area contributed by atoms with E-state index in [1.54, 1.807) is 30.3 Å². The van der Waals surface area contributed by atoms with Crippen LogP contribution in [-0.2, 0) is 27.1 Å². The van der Waals surface area contributed by atoms with Crippen LogP contribution >= 0.6 is 11.3 Å². The molecule has 9 heteroatoms. The van der Waals surface area contributed by atoms with Crippen LogP contribution in [0.3, 0.4) is 0 Å². The normalized spacial score (nSPS) is 15.0. The summed E-state index contributed by atoms with van der Waals surface area (Å²) in [5, 5.41) is 3.23. The molecule has 2 unspecified atom stereocenters. The van der Waals surface area contributed by atoms with Crippen molar-refractivity contribution in [2.24, 2.45) is 0 Å². The van der Waals surface area contributed by atoms with Crippen LogP contribution < -0.4 is 5.32 Å². The molecule has 8 nitrogen and oxygen atoms in total. The van der Waals surface area contributed by atoms with Gasteiger partial charge in [-0.05, 0) is 67.5 Å². The Morgan fingerprint density at radius 1 is 0.976 bits per heavy atom. The van der Waals surface area contributed by atoms with Gasteiger partial charge in [0.2, 0.25) is 5.89 Å². The van der Waals surface area contributed by atoms with Gasteiger partial charge in [0.1, 0.15) is 10.5 Å². The molecular formula is C33H28N2O6S. The van der Waals surface area contributed by atoms with Gasteiger partial charge in [-0.2, -0.15) is 0 Å². The monoisotopic (exact) mass is 580 g/mol. The van der Waals surface area contributed by atoms with E-state index in [4.69, 9.17) is 13.9 Å². The molecular weight excluding hydrogens is 552 g/mol. The first-order valence-electron chi connectivity index (χ1n) is 13.7. The van der Waals surface area contributed by atoms with Crippen LogP contribution in [-0.4, -0.2) is 36.0 Å². The standard InChI is InChI=1S/C33H28N2O6S/c1-19(40-32(37)23-13-7-6-12-22(23)30-34-25-14-8-9-15-26(25)41-30)29(36)35-31-28(33(38)39-2)24-17-16-21(18-27(24)42-31)20-10-4-3-5-11-20/h3-15,19,21H,16-18H2,1-2H3,(H,35,36). The van der Waals surface area contributed by atoms with E-state index in [0.29, 0.717) is 39.6 Å². The molecule has 2 aromatic heterocycles. The van der Waals surface area contributed by atoms with Crippen molar-refractivity contribution in [1.29, 1.82) is 0 Å². The summed E-state index contributed by atoms with van der Waals surface area (Å²) in [7, 11) is 1.33. The topological polar surface area (TPSA) is 108 Å². The number of nitrogens with zero attached hydrogens (tertiary/aromatic N) is 1. The Balaban J connectivity index is 1.20.